The molecule has 41 heavy (non-hydrogen) atoms. The molecule has 6 rings (SSSR count). The molecule has 1 aromatic heterocycles. The summed E-state index contributed by atoms with van der Waals surface area (Å²) in [5.41, 5.74) is 2.17. The predicted molar refractivity (Wildman–Crippen MR) is 144 cm³/mol. The number of carbonyl (C=O) groups excluding carboxylic acids is 3. The highest BCUT2D eigenvalue weighted by molar-refractivity contribution is 5.95. The Kier molecular flexibility index (Phi) is 7.58. The van der Waals surface area contributed by atoms with Gasteiger partial charge in [0.15, 0.2) is 18.2 Å². The van der Waals surface area contributed by atoms with E-state index in [1.807, 2.05) is 6.07 Å². The van der Waals surface area contributed by atoms with Crippen LogP contribution < -0.4 is 30.3 Å². The Morgan fingerprint density at radius 2 is 2.15 bits per heavy atom. The van der Waals surface area contributed by atoms with Crippen LogP contribution in [0.1, 0.15) is 35.6 Å². The summed E-state index contributed by atoms with van der Waals surface area (Å²) in [6.07, 6.45) is 0.849. The maximum absolute atomic E-state index is 12.5. The molecular formula is C28H30N6O7. The summed E-state index contributed by atoms with van der Waals surface area (Å²) >= 11 is 0. The van der Waals surface area contributed by atoms with E-state index in [4.69, 9.17) is 18.9 Å². The van der Waals surface area contributed by atoms with Crippen LogP contribution in [-0.4, -0.2) is 75.0 Å². The van der Waals surface area contributed by atoms with Gasteiger partial charge in [0.25, 0.3) is 12.4 Å². The summed E-state index contributed by atoms with van der Waals surface area (Å²) in [6, 6.07) is 9.57. The summed E-state index contributed by atoms with van der Waals surface area (Å²) < 4.78 is 22.3. The van der Waals surface area contributed by atoms with Gasteiger partial charge in [-0.25, -0.2) is 9.78 Å². The van der Waals surface area contributed by atoms with Crippen molar-refractivity contribution in [2.45, 2.75) is 37.5 Å². The van der Waals surface area contributed by atoms with Crippen molar-refractivity contribution >= 4 is 30.1 Å². The Balaban J connectivity index is 1.03. The summed E-state index contributed by atoms with van der Waals surface area (Å²) in [7, 11) is 0. The number of cyclic esters (lactones) is 1. The molecule has 1 aromatic carbocycles. The molecular weight excluding hydrogens is 532 g/mol. The maximum Gasteiger partial charge on any atom is 0.415 e. The van der Waals surface area contributed by atoms with Crippen molar-refractivity contribution in [2.75, 3.05) is 49.6 Å². The summed E-state index contributed by atoms with van der Waals surface area (Å²) in [4.78, 5) is 41.2. The third-order valence-corrected chi connectivity index (χ3v) is 7.85. The van der Waals surface area contributed by atoms with E-state index < -0.39 is 12.2 Å². The van der Waals surface area contributed by atoms with Crippen molar-refractivity contribution < 1.29 is 33.3 Å². The van der Waals surface area contributed by atoms with E-state index in [1.165, 1.54) is 4.90 Å². The molecule has 4 heterocycles. The number of aromatic nitrogens is 1. The first-order chi connectivity index (χ1) is 20.0. The number of hydrogen-bond donors (Lipinski definition) is 3. The Labute approximate surface area is 236 Å². The highest BCUT2D eigenvalue weighted by Crippen LogP contribution is 2.42. The van der Waals surface area contributed by atoms with Gasteiger partial charge >= 0.3 is 6.09 Å². The zero-order valence-electron chi connectivity index (χ0n) is 22.3. The third kappa shape index (κ3) is 5.48. The first-order valence-corrected chi connectivity index (χ1v) is 13.7. The largest absolute Gasteiger partial charge is 0.491 e. The molecule has 0 spiro atoms. The van der Waals surface area contributed by atoms with Gasteiger partial charge in [-0.1, -0.05) is 6.07 Å². The lowest BCUT2D eigenvalue weighted by Crippen LogP contribution is -2.46. The topological polar surface area (TPSA) is 164 Å². The van der Waals surface area contributed by atoms with Gasteiger partial charge in [0.2, 0.25) is 0 Å². The minimum atomic E-state index is -0.508. The van der Waals surface area contributed by atoms with E-state index in [-0.39, 0.29) is 30.4 Å². The van der Waals surface area contributed by atoms with Gasteiger partial charge in [0, 0.05) is 18.5 Å². The maximum atomic E-state index is 12.5. The van der Waals surface area contributed by atoms with Crippen LogP contribution >= 0.6 is 0 Å². The van der Waals surface area contributed by atoms with E-state index in [0.717, 1.165) is 24.1 Å². The number of pyridine rings is 1. The fraction of sp³-hybridized carbons (Fsp3) is 0.464. The smallest absolute Gasteiger partial charge is 0.415 e. The van der Waals surface area contributed by atoms with Gasteiger partial charge in [-0.2, -0.15) is 5.26 Å². The normalized spacial score (nSPS) is 24.2. The van der Waals surface area contributed by atoms with Crippen LogP contribution in [0.25, 0.3) is 0 Å². The SMILES string of the molecule is N#Cc1c(OCC2CCN2)ccc2c1CC(CNCCC1CN(c3ccc4c(n3)NC(=O)CO4)C(=O)O1)C2OC=O. The molecule has 0 saturated carbocycles. The lowest BCUT2D eigenvalue weighted by molar-refractivity contribution is -0.136. The van der Waals surface area contributed by atoms with Crippen molar-refractivity contribution in [1.82, 2.24) is 15.6 Å². The van der Waals surface area contributed by atoms with E-state index in [2.05, 4.69) is 27.0 Å². The number of ether oxygens (including phenoxy) is 4. The highest BCUT2D eigenvalue weighted by atomic mass is 16.6. The van der Waals surface area contributed by atoms with Gasteiger partial charge < -0.3 is 34.9 Å². The van der Waals surface area contributed by atoms with Crippen molar-refractivity contribution in [3.8, 4) is 17.6 Å². The van der Waals surface area contributed by atoms with Gasteiger partial charge in [-0.05, 0) is 61.7 Å². The van der Waals surface area contributed by atoms with Crippen LogP contribution in [0.15, 0.2) is 24.3 Å². The van der Waals surface area contributed by atoms with Crippen molar-refractivity contribution in [1.29, 1.82) is 5.26 Å². The number of nitrogens with one attached hydrogen (secondary N) is 3. The molecule has 4 aliphatic rings. The molecule has 13 heteroatoms. The predicted octanol–water partition coefficient (Wildman–Crippen LogP) is 1.42. The van der Waals surface area contributed by atoms with E-state index >= 15 is 0 Å². The van der Waals surface area contributed by atoms with E-state index in [0.29, 0.717) is 74.5 Å². The first kappa shape index (κ1) is 26.8. The zero-order chi connectivity index (χ0) is 28.3. The Morgan fingerprint density at radius 1 is 1.27 bits per heavy atom. The number of nitrogens with zero attached hydrogens (tertiary/aromatic N) is 3. The van der Waals surface area contributed by atoms with Crippen molar-refractivity contribution in [3.63, 3.8) is 0 Å². The summed E-state index contributed by atoms with van der Waals surface area (Å²) in [5.74, 6) is 1.27. The number of carbonyl (C=O) groups is 3. The number of rotatable bonds is 11. The van der Waals surface area contributed by atoms with E-state index in [9.17, 15) is 19.6 Å². The lowest BCUT2D eigenvalue weighted by Gasteiger charge is -2.27. The molecule has 214 valence electrons. The molecule has 13 nitrogen and oxygen atoms in total. The van der Waals surface area contributed by atoms with E-state index in [1.54, 1.807) is 18.2 Å². The molecule has 0 radical (unpaired) electrons. The second-order valence-electron chi connectivity index (χ2n) is 10.4. The van der Waals surface area contributed by atoms with Crippen molar-refractivity contribution in [3.05, 3.63) is 41.0 Å². The van der Waals surface area contributed by atoms with Gasteiger partial charge in [0.1, 0.15) is 36.5 Å². The Hall–Kier alpha value is -4.41. The number of benzene rings is 1. The average Bonchev–Trinajstić information content (AvgIpc) is 3.49. The number of fused-ring (bicyclic) bond motifs is 2. The van der Waals surface area contributed by atoms with Gasteiger partial charge in [-0.15, -0.1) is 0 Å². The Bertz CT molecular complexity index is 1390. The van der Waals surface area contributed by atoms with Crippen molar-refractivity contribution in [2.24, 2.45) is 5.92 Å². The standard InChI is InChI=1S/C28H30N6O7/c29-10-21-20-9-16(26(40-15-35)19(20)1-2-22(21)38-13-17-5-8-31-17)11-30-7-6-18-12-34(28(37)41-18)24-4-3-23-27(32-24)33-25(36)14-39-23/h1-4,15-18,26,30-31H,5-9,11-14H2,(H,32,33,36). The molecule has 0 bridgehead atoms. The van der Waals surface area contributed by atoms with Gasteiger partial charge in [-0.3, -0.25) is 14.5 Å². The monoisotopic (exact) mass is 562 g/mol. The number of amides is 2. The molecule has 1 aliphatic carbocycles. The molecule has 2 saturated heterocycles. The molecule has 2 amide bonds. The minimum absolute atomic E-state index is 0.0643. The van der Waals surface area contributed by atoms with Crippen LogP contribution in [0.3, 0.4) is 0 Å². The number of anilines is 2. The quantitative estimate of drug-likeness (QED) is 0.268. The van der Waals surface area contributed by atoms with Crippen LogP contribution in [0, 0.1) is 17.2 Å². The van der Waals surface area contributed by atoms with Crippen LogP contribution in [0.5, 0.6) is 11.5 Å². The molecule has 3 N–H and O–H groups in total. The fourth-order valence-corrected chi connectivity index (χ4v) is 5.61. The van der Waals surface area contributed by atoms with Gasteiger partial charge in [0.05, 0.1) is 12.1 Å². The minimum Gasteiger partial charge on any atom is -0.491 e. The summed E-state index contributed by atoms with van der Waals surface area (Å²) in [6.45, 7) is 3.27. The van der Waals surface area contributed by atoms with Crippen LogP contribution in [0.2, 0.25) is 0 Å². The highest BCUT2D eigenvalue weighted by Gasteiger charge is 2.37. The lowest BCUT2D eigenvalue weighted by atomic mass is 10.0. The fourth-order valence-electron chi connectivity index (χ4n) is 5.61. The molecule has 2 fully saturated rings. The third-order valence-electron chi connectivity index (χ3n) is 7.85. The molecule has 4 unspecified atom stereocenters. The zero-order valence-corrected chi connectivity index (χ0v) is 22.3. The number of hydrogen-bond acceptors (Lipinski definition) is 11. The second kappa shape index (κ2) is 11.6. The Morgan fingerprint density at radius 3 is 2.93 bits per heavy atom. The molecule has 3 aliphatic heterocycles. The van der Waals surface area contributed by atoms with Crippen LogP contribution in [0.4, 0.5) is 16.4 Å². The molecule has 4 atom stereocenters. The second-order valence-corrected chi connectivity index (χ2v) is 10.4. The number of nitriles is 1. The first-order valence-electron chi connectivity index (χ1n) is 13.7. The summed E-state index contributed by atoms with van der Waals surface area (Å²) in [5, 5.41) is 19.2. The molecule has 2 aromatic rings. The average molecular weight is 563 g/mol. The van der Waals surface area contributed by atoms with Crippen LogP contribution in [-0.2, 0) is 25.5 Å².